The largest absolute Gasteiger partial charge is 0.388 e. The molecular formula is C28H29N3. The van der Waals surface area contributed by atoms with Crippen LogP contribution in [0.5, 0.6) is 0 Å². The molecule has 0 radical (unpaired) electrons. The monoisotopic (exact) mass is 407 g/mol. The van der Waals surface area contributed by atoms with Crippen molar-refractivity contribution in [2.45, 2.75) is 19.8 Å². The van der Waals surface area contributed by atoms with Crippen molar-refractivity contribution < 1.29 is 0 Å². The van der Waals surface area contributed by atoms with E-state index in [1.54, 1.807) is 0 Å². The fourth-order valence-electron chi connectivity index (χ4n) is 3.49. The average Bonchev–Trinajstić information content (AvgIpc) is 2.81. The maximum atomic E-state index is 3.48. The number of aryl methyl sites for hydroxylation is 3. The van der Waals surface area contributed by atoms with Gasteiger partial charge in [-0.15, -0.1) is 0 Å². The zero-order chi connectivity index (χ0) is 21.5. The first-order chi connectivity index (χ1) is 15.2. The molecule has 31 heavy (non-hydrogen) atoms. The summed E-state index contributed by atoms with van der Waals surface area (Å²) in [6.07, 6.45) is 2.12. The third-order valence-electron chi connectivity index (χ3n) is 5.41. The van der Waals surface area contributed by atoms with E-state index in [2.05, 4.69) is 120 Å². The lowest BCUT2D eigenvalue weighted by atomic mass is 10.0. The zero-order valence-corrected chi connectivity index (χ0v) is 18.2. The Labute approximate surface area is 185 Å². The van der Waals surface area contributed by atoms with Gasteiger partial charge < -0.3 is 16.0 Å². The Balaban J connectivity index is 1.30. The van der Waals surface area contributed by atoms with Gasteiger partial charge in [0.1, 0.15) is 0 Å². The lowest BCUT2D eigenvalue weighted by Crippen LogP contribution is -1.94. The fraction of sp³-hybridized carbons (Fsp3) is 0.143. The molecule has 3 nitrogen and oxygen atoms in total. The number of benzene rings is 4. The van der Waals surface area contributed by atoms with Gasteiger partial charge in [-0.05, 0) is 91.6 Å². The van der Waals surface area contributed by atoms with Gasteiger partial charge in [-0.2, -0.15) is 0 Å². The van der Waals surface area contributed by atoms with Crippen molar-refractivity contribution >= 4 is 28.4 Å². The molecule has 4 rings (SSSR count). The molecule has 4 aromatic carbocycles. The summed E-state index contributed by atoms with van der Waals surface area (Å²) in [6.45, 7) is 2.13. The van der Waals surface area contributed by atoms with Crippen LogP contribution in [0.2, 0.25) is 0 Å². The van der Waals surface area contributed by atoms with E-state index >= 15 is 0 Å². The van der Waals surface area contributed by atoms with E-state index in [1.807, 2.05) is 7.05 Å². The molecule has 0 aromatic heterocycles. The van der Waals surface area contributed by atoms with Crippen molar-refractivity contribution in [3.63, 3.8) is 0 Å². The van der Waals surface area contributed by atoms with E-state index in [9.17, 15) is 0 Å². The predicted octanol–water partition coefficient (Wildman–Crippen LogP) is 7.31. The molecule has 0 aliphatic rings. The Hall–Kier alpha value is -3.72. The maximum Gasteiger partial charge on any atom is 0.0385 e. The maximum absolute atomic E-state index is 3.48. The van der Waals surface area contributed by atoms with E-state index in [4.69, 9.17) is 0 Å². The van der Waals surface area contributed by atoms with Crippen LogP contribution in [0.1, 0.15) is 16.7 Å². The highest BCUT2D eigenvalue weighted by atomic mass is 14.9. The normalized spacial score (nSPS) is 10.5. The first-order valence-corrected chi connectivity index (χ1v) is 10.7. The summed E-state index contributed by atoms with van der Waals surface area (Å²) in [5, 5.41) is 10.0. The molecule has 0 heterocycles. The number of nitrogens with one attached hydrogen (secondary N) is 3. The Kier molecular flexibility index (Phi) is 6.53. The molecule has 0 spiro atoms. The van der Waals surface area contributed by atoms with E-state index in [-0.39, 0.29) is 0 Å². The van der Waals surface area contributed by atoms with Crippen molar-refractivity contribution in [1.82, 2.24) is 0 Å². The predicted molar refractivity (Wildman–Crippen MR) is 134 cm³/mol. The molecule has 0 aliphatic heterocycles. The molecule has 0 bridgehead atoms. The molecule has 156 valence electrons. The number of hydrogen-bond acceptors (Lipinski definition) is 3. The van der Waals surface area contributed by atoms with Gasteiger partial charge in [0, 0.05) is 35.5 Å². The Morgan fingerprint density at radius 3 is 1.16 bits per heavy atom. The van der Waals surface area contributed by atoms with Crippen molar-refractivity contribution in [1.29, 1.82) is 0 Å². The van der Waals surface area contributed by atoms with Crippen molar-refractivity contribution in [3.05, 3.63) is 114 Å². The van der Waals surface area contributed by atoms with Crippen LogP contribution in [0.4, 0.5) is 28.4 Å². The van der Waals surface area contributed by atoms with Crippen molar-refractivity contribution in [2.24, 2.45) is 0 Å². The van der Waals surface area contributed by atoms with Gasteiger partial charge in [0.25, 0.3) is 0 Å². The van der Waals surface area contributed by atoms with Crippen LogP contribution in [0, 0.1) is 6.92 Å². The lowest BCUT2D eigenvalue weighted by Gasteiger charge is -2.11. The number of rotatable bonds is 8. The second-order valence-corrected chi connectivity index (χ2v) is 7.84. The summed E-state index contributed by atoms with van der Waals surface area (Å²) in [4.78, 5) is 0. The van der Waals surface area contributed by atoms with Crippen LogP contribution in [-0.4, -0.2) is 7.05 Å². The summed E-state index contributed by atoms with van der Waals surface area (Å²) in [5.41, 5.74) is 9.47. The summed E-state index contributed by atoms with van der Waals surface area (Å²) >= 11 is 0. The number of hydrogen-bond donors (Lipinski definition) is 3. The van der Waals surface area contributed by atoms with E-state index in [0.29, 0.717) is 0 Å². The minimum atomic E-state index is 1.05. The van der Waals surface area contributed by atoms with Gasteiger partial charge in [0.15, 0.2) is 0 Å². The Bertz CT molecular complexity index is 1080. The molecule has 0 aliphatic carbocycles. The Morgan fingerprint density at radius 1 is 0.452 bits per heavy atom. The summed E-state index contributed by atoms with van der Waals surface area (Å²) in [5.74, 6) is 0. The number of anilines is 5. The van der Waals surface area contributed by atoms with Gasteiger partial charge in [-0.3, -0.25) is 0 Å². The summed E-state index contributed by atoms with van der Waals surface area (Å²) < 4.78 is 0. The van der Waals surface area contributed by atoms with Crippen LogP contribution < -0.4 is 16.0 Å². The van der Waals surface area contributed by atoms with Gasteiger partial charge in [0.2, 0.25) is 0 Å². The van der Waals surface area contributed by atoms with E-state index < -0.39 is 0 Å². The van der Waals surface area contributed by atoms with Crippen molar-refractivity contribution in [2.75, 3.05) is 23.0 Å². The second kappa shape index (κ2) is 9.86. The first-order valence-electron chi connectivity index (χ1n) is 10.7. The van der Waals surface area contributed by atoms with Gasteiger partial charge in [0.05, 0.1) is 0 Å². The van der Waals surface area contributed by atoms with Crippen LogP contribution in [0.15, 0.2) is 97.1 Å². The molecule has 3 N–H and O–H groups in total. The Morgan fingerprint density at radius 2 is 0.774 bits per heavy atom. The fourth-order valence-corrected chi connectivity index (χ4v) is 3.49. The second-order valence-electron chi connectivity index (χ2n) is 7.84. The molecule has 0 fully saturated rings. The van der Waals surface area contributed by atoms with Crippen LogP contribution in [0.3, 0.4) is 0 Å². The van der Waals surface area contributed by atoms with E-state index in [1.165, 1.54) is 16.7 Å². The molecule has 3 heteroatoms. The molecule has 0 saturated carbocycles. The van der Waals surface area contributed by atoms with Crippen LogP contribution >= 0.6 is 0 Å². The summed E-state index contributed by atoms with van der Waals surface area (Å²) in [7, 11) is 1.92. The van der Waals surface area contributed by atoms with Gasteiger partial charge in [-0.25, -0.2) is 0 Å². The molecular weight excluding hydrogens is 378 g/mol. The highest BCUT2D eigenvalue weighted by molar-refractivity contribution is 5.67. The SMILES string of the molecule is CNc1ccc(Nc2ccc(Nc3ccc(CCc4ccc(C)cc4)cc3)cc2)cc1. The van der Waals surface area contributed by atoms with Crippen LogP contribution in [0.25, 0.3) is 0 Å². The third-order valence-corrected chi connectivity index (χ3v) is 5.41. The molecule has 0 unspecified atom stereocenters. The molecule has 0 atom stereocenters. The zero-order valence-electron chi connectivity index (χ0n) is 18.2. The van der Waals surface area contributed by atoms with Crippen LogP contribution in [-0.2, 0) is 12.8 Å². The quantitative estimate of drug-likeness (QED) is 0.287. The van der Waals surface area contributed by atoms with E-state index in [0.717, 1.165) is 41.3 Å². The summed E-state index contributed by atoms with van der Waals surface area (Å²) in [6, 6.07) is 34.2. The highest BCUT2D eigenvalue weighted by Crippen LogP contribution is 2.23. The lowest BCUT2D eigenvalue weighted by molar-refractivity contribution is 0.959. The topological polar surface area (TPSA) is 36.1 Å². The average molecular weight is 408 g/mol. The minimum absolute atomic E-state index is 1.05. The minimum Gasteiger partial charge on any atom is -0.388 e. The third kappa shape index (κ3) is 5.89. The smallest absolute Gasteiger partial charge is 0.0385 e. The molecule has 0 amide bonds. The molecule has 4 aromatic rings. The van der Waals surface area contributed by atoms with Crippen molar-refractivity contribution in [3.8, 4) is 0 Å². The first kappa shape index (κ1) is 20.5. The highest BCUT2D eigenvalue weighted by Gasteiger charge is 2.00. The van der Waals surface area contributed by atoms with Gasteiger partial charge in [-0.1, -0.05) is 42.0 Å². The standard InChI is InChI=1S/C28H29N3/c1-21-3-5-22(6-4-21)7-8-23-9-11-25(12-10-23)30-27-17-19-28(20-18-27)31-26-15-13-24(29-2)14-16-26/h3-6,9-20,29-31H,7-8H2,1-2H3. The van der Waals surface area contributed by atoms with Gasteiger partial charge >= 0.3 is 0 Å². The molecule has 0 saturated heterocycles.